The Morgan fingerprint density at radius 2 is 1.82 bits per heavy atom. The number of carbonyl (C=O) groups is 1. The highest BCUT2D eigenvalue weighted by Gasteiger charge is 2.34. The fourth-order valence-electron chi connectivity index (χ4n) is 3.13. The van der Waals surface area contributed by atoms with Crippen molar-refractivity contribution in [3.8, 4) is 11.5 Å². The smallest absolute Gasteiger partial charge is 0.338 e. The molecule has 1 aromatic carbocycles. The highest BCUT2D eigenvalue weighted by Crippen LogP contribution is 2.31. The third-order valence-corrected chi connectivity index (χ3v) is 4.60. The molecule has 9 heteroatoms. The van der Waals surface area contributed by atoms with E-state index in [1.807, 2.05) is 0 Å². The van der Waals surface area contributed by atoms with E-state index in [0.717, 1.165) is 17.7 Å². The Bertz CT molecular complexity index is 971. The van der Waals surface area contributed by atoms with Crippen LogP contribution in [-0.4, -0.2) is 32.5 Å². The molecular weight excluding hydrogens is 373 g/mol. The van der Waals surface area contributed by atoms with E-state index in [9.17, 15) is 18.0 Å². The first kappa shape index (κ1) is 18.1. The van der Waals surface area contributed by atoms with E-state index >= 15 is 0 Å². The van der Waals surface area contributed by atoms with Gasteiger partial charge in [-0.05, 0) is 29.8 Å². The van der Waals surface area contributed by atoms with Crippen molar-refractivity contribution in [3.63, 3.8) is 0 Å². The van der Waals surface area contributed by atoms with Crippen molar-refractivity contribution in [3.05, 3.63) is 65.7 Å². The predicted octanol–water partition coefficient (Wildman–Crippen LogP) is 3.67. The molecule has 1 amide bonds. The fraction of sp³-hybridized carbons (Fsp3) is 0.263. The molecule has 0 spiro atoms. The number of rotatable bonds is 4. The number of aromatic nitrogens is 3. The summed E-state index contributed by atoms with van der Waals surface area (Å²) < 4.78 is 43.2. The van der Waals surface area contributed by atoms with Crippen LogP contribution in [0.2, 0.25) is 0 Å². The zero-order valence-corrected chi connectivity index (χ0v) is 14.6. The highest BCUT2D eigenvalue weighted by molar-refractivity contribution is 5.79. The largest absolute Gasteiger partial charge is 0.416 e. The maximum absolute atomic E-state index is 12.7. The summed E-state index contributed by atoms with van der Waals surface area (Å²) in [7, 11) is 0. The third-order valence-electron chi connectivity index (χ3n) is 4.60. The average Bonchev–Trinajstić information content (AvgIpc) is 3.30. The zero-order chi connectivity index (χ0) is 19.7. The molecule has 144 valence electrons. The standard InChI is InChI=1S/C19H15F3N4O2/c20-19(21,22)15-3-1-12(2-4-15)10-26-11-14(9-16(26)27)17-24-18(28-25-17)13-5-7-23-8-6-13/h1-8,14H,9-11H2. The number of carbonyl (C=O) groups excluding carboxylic acids is 1. The van der Waals surface area contributed by atoms with Crippen molar-refractivity contribution in [2.24, 2.45) is 0 Å². The SMILES string of the molecule is O=C1CC(c2noc(-c3ccncc3)n2)CN1Cc1ccc(C(F)(F)F)cc1. The number of benzene rings is 1. The van der Waals surface area contributed by atoms with Crippen molar-refractivity contribution < 1.29 is 22.5 Å². The summed E-state index contributed by atoms with van der Waals surface area (Å²) in [5.41, 5.74) is 0.657. The van der Waals surface area contributed by atoms with Gasteiger partial charge in [-0.1, -0.05) is 17.3 Å². The van der Waals surface area contributed by atoms with E-state index in [1.165, 1.54) is 12.1 Å². The van der Waals surface area contributed by atoms with E-state index in [2.05, 4.69) is 15.1 Å². The van der Waals surface area contributed by atoms with E-state index in [1.54, 1.807) is 29.4 Å². The minimum Gasteiger partial charge on any atom is -0.338 e. The molecule has 0 bridgehead atoms. The quantitative estimate of drug-likeness (QED) is 0.682. The Morgan fingerprint density at radius 1 is 1.11 bits per heavy atom. The van der Waals surface area contributed by atoms with Gasteiger partial charge in [0.25, 0.3) is 5.89 Å². The molecule has 3 aromatic rings. The molecule has 0 aliphatic carbocycles. The summed E-state index contributed by atoms with van der Waals surface area (Å²) >= 11 is 0. The topological polar surface area (TPSA) is 72.1 Å². The van der Waals surface area contributed by atoms with Crippen LogP contribution in [0.3, 0.4) is 0 Å². The zero-order valence-electron chi connectivity index (χ0n) is 14.6. The lowest BCUT2D eigenvalue weighted by Crippen LogP contribution is -2.24. The molecule has 1 aliphatic heterocycles. The lowest BCUT2D eigenvalue weighted by atomic mass is 10.1. The van der Waals surface area contributed by atoms with Crippen LogP contribution in [0, 0.1) is 0 Å². The predicted molar refractivity (Wildman–Crippen MR) is 91.7 cm³/mol. The maximum atomic E-state index is 12.7. The number of pyridine rings is 1. The molecule has 4 rings (SSSR count). The van der Waals surface area contributed by atoms with Crippen molar-refractivity contribution >= 4 is 5.91 Å². The molecule has 3 heterocycles. The summed E-state index contributed by atoms with van der Waals surface area (Å²) in [6.45, 7) is 0.623. The van der Waals surface area contributed by atoms with Crippen LogP contribution in [0.25, 0.3) is 11.5 Å². The van der Waals surface area contributed by atoms with Crippen LogP contribution in [-0.2, 0) is 17.5 Å². The van der Waals surface area contributed by atoms with E-state index in [4.69, 9.17) is 4.52 Å². The van der Waals surface area contributed by atoms with Gasteiger partial charge < -0.3 is 9.42 Å². The lowest BCUT2D eigenvalue weighted by Gasteiger charge is -2.16. The molecule has 2 aromatic heterocycles. The molecule has 1 aliphatic rings. The molecule has 28 heavy (non-hydrogen) atoms. The first-order valence-electron chi connectivity index (χ1n) is 8.58. The summed E-state index contributed by atoms with van der Waals surface area (Å²) in [4.78, 5) is 22.2. The molecule has 1 fully saturated rings. The molecule has 0 N–H and O–H groups in total. The number of hydrogen-bond donors (Lipinski definition) is 0. The van der Waals surface area contributed by atoms with Crippen LogP contribution >= 0.6 is 0 Å². The van der Waals surface area contributed by atoms with Gasteiger partial charge in [0, 0.05) is 43.4 Å². The van der Waals surface area contributed by atoms with Crippen LogP contribution in [0.5, 0.6) is 0 Å². The Morgan fingerprint density at radius 3 is 2.50 bits per heavy atom. The van der Waals surface area contributed by atoms with Gasteiger partial charge in [0.1, 0.15) is 0 Å². The van der Waals surface area contributed by atoms with E-state index in [0.29, 0.717) is 23.8 Å². The van der Waals surface area contributed by atoms with E-state index < -0.39 is 11.7 Å². The Labute approximate surface area is 158 Å². The van der Waals surface area contributed by atoms with Gasteiger partial charge in [-0.15, -0.1) is 0 Å². The Hall–Kier alpha value is -3.23. The summed E-state index contributed by atoms with van der Waals surface area (Å²) in [6, 6.07) is 8.31. The van der Waals surface area contributed by atoms with Gasteiger partial charge in [-0.2, -0.15) is 18.2 Å². The number of likely N-dealkylation sites (tertiary alicyclic amines) is 1. The van der Waals surface area contributed by atoms with Crippen LogP contribution in [0.1, 0.15) is 29.3 Å². The van der Waals surface area contributed by atoms with Crippen molar-refractivity contribution in [1.82, 2.24) is 20.0 Å². The molecule has 0 saturated carbocycles. The first-order chi connectivity index (χ1) is 13.4. The maximum Gasteiger partial charge on any atom is 0.416 e. The molecule has 1 atom stereocenters. The average molecular weight is 388 g/mol. The fourth-order valence-corrected chi connectivity index (χ4v) is 3.13. The molecular formula is C19H15F3N4O2. The number of hydrogen-bond acceptors (Lipinski definition) is 5. The van der Waals surface area contributed by atoms with Crippen molar-refractivity contribution in [2.45, 2.75) is 25.1 Å². The molecule has 0 radical (unpaired) electrons. The van der Waals surface area contributed by atoms with Crippen LogP contribution in [0.15, 0.2) is 53.3 Å². The minimum absolute atomic E-state index is 0.0971. The monoisotopic (exact) mass is 388 g/mol. The number of amides is 1. The summed E-state index contributed by atoms with van der Waals surface area (Å²) in [5, 5.41) is 3.98. The minimum atomic E-state index is -4.38. The number of alkyl halides is 3. The number of nitrogens with zero attached hydrogens (tertiary/aromatic N) is 4. The van der Waals surface area contributed by atoms with Crippen LogP contribution in [0.4, 0.5) is 13.2 Å². The van der Waals surface area contributed by atoms with Gasteiger partial charge in [-0.3, -0.25) is 9.78 Å². The summed E-state index contributed by atoms with van der Waals surface area (Å²) in [6.07, 6.45) is -0.914. The van der Waals surface area contributed by atoms with Gasteiger partial charge in [0.15, 0.2) is 5.82 Å². The normalized spacial score (nSPS) is 17.3. The number of halogens is 3. The molecule has 1 unspecified atom stereocenters. The highest BCUT2D eigenvalue weighted by atomic mass is 19.4. The summed E-state index contributed by atoms with van der Waals surface area (Å²) in [5.74, 6) is 0.475. The van der Waals surface area contributed by atoms with Crippen LogP contribution < -0.4 is 0 Å². The van der Waals surface area contributed by atoms with Gasteiger partial charge >= 0.3 is 6.18 Å². The Balaban J connectivity index is 1.44. The second-order valence-electron chi connectivity index (χ2n) is 6.56. The second kappa shape index (κ2) is 7.06. The van der Waals surface area contributed by atoms with Gasteiger partial charge in [-0.25, -0.2) is 0 Å². The van der Waals surface area contributed by atoms with Gasteiger partial charge in [0.05, 0.1) is 5.56 Å². The van der Waals surface area contributed by atoms with Crippen molar-refractivity contribution in [1.29, 1.82) is 0 Å². The molecule has 1 saturated heterocycles. The van der Waals surface area contributed by atoms with Gasteiger partial charge in [0.2, 0.25) is 5.91 Å². The lowest BCUT2D eigenvalue weighted by molar-refractivity contribution is -0.137. The Kier molecular flexibility index (Phi) is 4.58. The third kappa shape index (κ3) is 3.73. The van der Waals surface area contributed by atoms with Crippen molar-refractivity contribution in [2.75, 3.05) is 6.54 Å². The molecule has 6 nitrogen and oxygen atoms in total. The van der Waals surface area contributed by atoms with E-state index in [-0.39, 0.29) is 24.8 Å². The first-order valence-corrected chi connectivity index (χ1v) is 8.58. The second-order valence-corrected chi connectivity index (χ2v) is 6.56.